The van der Waals surface area contributed by atoms with E-state index in [4.69, 9.17) is 15.0 Å². The van der Waals surface area contributed by atoms with Crippen molar-refractivity contribution in [2.45, 2.75) is 14.7 Å². The van der Waals surface area contributed by atoms with E-state index in [0.717, 1.165) is 22.3 Å². The molecular weight excluding hydrogens is 555 g/mol. The third-order valence-corrected chi connectivity index (χ3v) is 12.1. The minimum atomic E-state index is -1.46. The second-order valence-corrected chi connectivity index (χ2v) is 14.2. The summed E-state index contributed by atoms with van der Waals surface area (Å²) in [5.41, 5.74) is 7.87. The van der Waals surface area contributed by atoms with Crippen LogP contribution in [0.5, 0.6) is 0 Å². The highest BCUT2D eigenvalue weighted by atomic mass is 32.3. The van der Waals surface area contributed by atoms with Crippen molar-refractivity contribution in [2.75, 3.05) is 6.26 Å². The quantitative estimate of drug-likeness (QED) is 0.202. The summed E-state index contributed by atoms with van der Waals surface area (Å²) in [5.74, 6) is 2.00. The van der Waals surface area contributed by atoms with Crippen molar-refractivity contribution < 1.29 is 0 Å². The molecule has 2 heterocycles. The van der Waals surface area contributed by atoms with E-state index in [-0.39, 0.29) is 0 Å². The van der Waals surface area contributed by atoms with Crippen LogP contribution in [0.15, 0.2) is 172 Å². The Balaban J connectivity index is 1.28. The molecular formula is C40H29N3S. The number of hydrogen-bond acceptors (Lipinski definition) is 3. The van der Waals surface area contributed by atoms with E-state index in [9.17, 15) is 0 Å². The van der Waals surface area contributed by atoms with Gasteiger partial charge in [0.05, 0.1) is 0 Å². The van der Waals surface area contributed by atoms with Gasteiger partial charge in [0.25, 0.3) is 0 Å². The Hall–Kier alpha value is -5.32. The molecule has 0 saturated heterocycles. The molecule has 44 heavy (non-hydrogen) atoms. The lowest BCUT2D eigenvalue weighted by Gasteiger charge is -2.34. The summed E-state index contributed by atoms with van der Waals surface area (Å²) >= 11 is 0. The van der Waals surface area contributed by atoms with Crippen LogP contribution in [0.3, 0.4) is 0 Å². The van der Waals surface area contributed by atoms with Crippen molar-refractivity contribution in [3.8, 4) is 56.4 Å². The van der Waals surface area contributed by atoms with Gasteiger partial charge in [0.1, 0.15) is 0 Å². The Kier molecular flexibility index (Phi) is 6.43. The molecule has 0 radical (unpaired) electrons. The maximum Gasteiger partial charge on any atom is 0.164 e. The topological polar surface area (TPSA) is 38.7 Å². The summed E-state index contributed by atoms with van der Waals surface area (Å²) < 4.78 is 0. The van der Waals surface area contributed by atoms with Gasteiger partial charge in [0.2, 0.25) is 0 Å². The predicted octanol–water partition coefficient (Wildman–Crippen LogP) is 10.4. The number of aromatic nitrogens is 3. The van der Waals surface area contributed by atoms with Crippen LogP contribution in [-0.2, 0) is 0 Å². The fourth-order valence-corrected chi connectivity index (χ4v) is 9.52. The maximum absolute atomic E-state index is 5.08. The minimum absolute atomic E-state index is 0.662. The third-order valence-electron chi connectivity index (χ3n) is 8.43. The van der Waals surface area contributed by atoms with E-state index in [1.165, 1.54) is 31.4 Å². The predicted molar refractivity (Wildman–Crippen MR) is 182 cm³/mol. The average Bonchev–Trinajstić information content (AvgIpc) is 3.37. The zero-order chi connectivity index (χ0) is 29.5. The first-order valence-electron chi connectivity index (χ1n) is 14.7. The average molecular weight is 584 g/mol. The Morgan fingerprint density at radius 2 is 0.795 bits per heavy atom. The van der Waals surface area contributed by atoms with Crippen LogP contribution in [0.2, 0.25) is 0 Å². The van der Waals surface area contributed by atoms with E-state index in [2.05, 4.69) is 140 Å². The van der Waals surface area contributed by atoms with E-state index < -0.39 is 10.0 Å². The van der Waals surface area contributed by atoms with Gasteiger partial charge < -0.3 is 0 Å². The molecule has 0 aliphatic carbocycles. The lowest BCUT2D eigenvalue weighted by molar-refractivity contribution is 1.07. The summed E-state index contributed by atoms with van der Waals surface area (Å²) in [6, 6.07) is 55.6. The summed E-state index contributed by atoms with van der Waals surface area (Å²) in [5, 5.41) is 0. The molecule has 1 aromatic heterocycles. The van der Waals surface area contributed by atoms with Gasteiger partial charge in [0.15, 0.2) is 17.5 Å². The largest absolute Gasteiger partial charge is 0.208 e. The Labute approximate surface area is 259 Å². The van der Waals surface area contributed by atoms with Gasteiger partial charge in [-0.15, -0.1) is 0 Å². The second-order valence-electron chi connectivity index (χ2n) is 11.1. The molecule has 1 aliphatic rings. The van der Waals surface area contributed by atoms with Crippen LogP contribution in [-0.4, -0.2) is 21.2 Å². The number of rotatable bonds is 5. The molecule has 8 rings (SSSR count). The molecule has 0 saturated carbocycles. The van der Waals surface area contributed by atoms with Gasteiger partial charge in [0, 0.05) is 26.5 Å². The summed E-state index contributed by atoms with van der Waals surface area (Å²) in [6.45, 7) is 0. The molecule has 4 heteroatoms. The van der Waals surface area contributed by atoms with E-state index in [1.807, 2.05) is 24.3 Å². The van der Waals surface area contributed by atoms with Gasteiger partial charge >= 0.3 is 0 Å². The van der Waals surface area contributed by atoms with E-state index >= 15 is 0 Å². The molecule has 6 aromatic carbocycles. The fourth-order valence-electron chi connectivity index (χ4n) is 6.12. The third kappa shape index (κ3) is 4.43. The summed E-state index contributed by atoms with van der Waals surface area (Å²) in [4.78, 5) is 19.2. The monoisotopic (exact) mass is 583 g/mol. The standard InChI is InChI=1S/C40H29N3S/c1-44(33-17-9-4-10-18-33)36-20-12-11-19-34(36)35-26-25-32(27-37(35)44)40-42-38(30-15-7-3-8-16-30)41-39(43-40)31-23-21-29(22-24-31)28-13-5-2-6-14-28/h2-27H,1H3. The van der Waals surface area contributed by atoms with Crippen molar-refractivity contribution in [3.05, 3.63) is 158 Å². The Morgan fingerprint density at radius 1 is 0.364 bits per heavy atom. The van der Waals surface area contributed by atoms with Gasteiger partial charge in [-0.1, -0.05) is 133 Å². The molecule has 0 N–H and O–H groups in total. The molecule has 7 aromatic rings. The Morgan fingerprint density at radius 3 is 1.45 bits per heavy atom. The molecule has 0 amide bonds. The zero-order valence-corrected chi connectivity index (χ0v) is 25.1. The van der Waals surface area contributed by atoms with E-state index in [1.54, 1.807) is 0 Å². The van der Waals surface area contributed by atoms with Crippen LogP contribution in [0.4, 0.5) is 0 Å². The lowest BCUT2D eigenvalue weighted by Crippen LogP contribution is -2.01. The van der Waals surface area contributed by atoms with Gasteiger partial charge in [-0.25, -0.2) is 15.0 Å². The molecule has 1 atom stereocenters. The van der Waals surface area contributed by atoms with Crippen molar-refractivity contribution >= 4 is 10.0 Å². The normalized spacial score (nSPS) is 16.5. The Bertz CT molecular complexity index is 2110. The van der Waals surface area contributed by atoms with Crippen LogP contribution in [0, 0.1) is 0 Å². The van der Waals surface area contributed by atoms with Crippen LogP contribution in [0.25, 0.3) is 56.4 Å². The minimum Gasteiger partial charge on any atom is -0.208 e. The summed E-state index contributed by atoms with van der Waals surface area (Å²) in [6.07, 6.45) is 2.42. The second kappa shape index (κ2) is 10.7. The summed E-state index contributed by atoms with van der Waals surface area (Å²) in [7, 11) is -1.46. The highest BCUT2D eigenvalue weighted by Crippen LogP contribution is 2.73. The number of benzene rings is 6. The van der Waals surface area contributed by atoms with Crippen LogP contribution in [0.1, 0.15) is 0 Å². The fraction of sp³-hybridized carbons (Fsp3) is 0.0250. The first-order valence-corrected chi connectivity index (χ1v) is 16.8. The number of fused-ring (bicyclic) bond motifs is 3. The highest BCUT2D eigenvalue weighted by Gasteiger charge is 2.36. The first kappa shape index (κ1) is 26.3. The molecule has 1 unspecified atom stereocenters. The molecule has 0 spiro atoms. The van der Waals surface area contributed by atoms with Crippen LogP contribution >= 0.6 is 10.0 Å². The van der Waals surface area contributed by atoms with Gasteiger partial charge in [-0.3, -0.25) is 0 Å². The lowest BCUT2D eigenvalue weighted by atomic mass is 10.0. The van der Waals surface area contributed by atoms with Crippen molar-refractivity contribution in [2.24, 2.45) is 0 Å². The van der Waals surface area contributed by atoms with Crippen LogP contribution < -0.4 is 0 Å². The van der Waals surface area contributed by atoms with Crippen molar-refractivity contribution in [1.82, 2.24) is 15.0 Å². The SMILES string of the molecule is CS1(c2ccccc2)c2ccccc2-c2ccc(-c3nc(-c4ccccc4)nc(-c4ccc(-c5ccccc5)cc4)n3)cc21. The zero-order valence-electron chi connectivity index (χ0n) is 24.3. The first-order chi connectivity index (χ1) is 21.7. The molecule has 0 fully saturated rings. The number of nitrogens with zero attached hydrogens (tertiary/aromatic N) is 3. The molecule has 0 bridgehead atoms. The van der Waals surface area contributed by atoms with Gasteiger partial charge in [-0.05, 0) is 57.7 Å². The molecule has 3 nitrogen and oxygen atoms in total. The van der Waals surface area contributed by atoms with Gasteiger partial charge in [-0.2, -0.15) is 10.0 Å². The molecule has 1 aliphatic heterocycles. The van der Waals surface area contributed by atoms with Crippen molar-refractivity contribution in [1.29, 1.82) is 0 Å². The number of hydrogen-bond donors (Lipinski definition) is 0. The van der Waals surface area contributed by atoms with Crippen molar-refractivity contribution in [3.63, 3.8) is 0 Å². The van der Waals surface area contributed by atoms with E-state index in [0.29, 0.717) is 17.5 Å². The molecule has 210 valence electrons. The highest BCUT2D eigenvalue weighted by molar-refractivity contribution is 8.33. The maximum atomic E-state index is 5.08. The smallest absolute Gasteiger partial charge is 0.164 e.